The zero-order valence-corrected chi connectivity index (χ0v) is 19.6. The second-order valence-corrected chi connectivity index (χ2v) is 13.8. The number of hydrogen-bond donors (Lipinski definition) is 0. The van der Waals surface area contributed by atoms with Gasteiger partial charge >= 0.3 is 17.9 Å². The molecular weight excluding hydrogens is 392 g/mol. The Bertz CT molecular complexity index is 640. The lowest BCUT2D eigenvalue weighted by Gasteiger charge is -2.23. The number of hydrogen-bond acceptors (Lipinski definition) is 7. The fourth-order valence-corrected chi connectivity index (χ4v) is 4.40. The van der Waals surface area contributed by atoms with Gasteiger partial charge in [0.05, 0.1) is 14.2 Å². The van der Waals surface area contributed by atoms with E-state index in [0.29, 0.717) is 24.5 Å². The molecule has 0 fully saturated rings. The molecule has 7 nitrogen and oxygen atoms in total. The summed E-state index contributed by atoms with van der Waals surface area (Å²) in [5.41, 5.74) is 0.464. The molecule has 0 spiro atoms. The predicted octanol–water partition coefficient (Wildman–Crippen LogP) is 3.46. The van der Waals surface area contributed by atoms with E-state index >= 15 is 0 Å². The zero-order valence-electron chi connectivity index (χ0n) is 18.6. The van der Waals surface area contributed by atoms with Crippen molar-refractivity contribution in [3.63, 3.8) is 0 Å². The third-order valence-electron chi connectivity index (χ3n) is 4.05. The van der Waals surface area contributed by atoms with Crippen LogP contribution in [-0.2, 0) is 33.4 Å². The van der Waals surface area contributed by atoms with Crippen LogP contribution in [0, 0.1) is 5.92 Å². The van der Waals surface area contributed by atoms with E-state index in [0.717, 1.165) is 0 Å². The molecule has 0 bridgehead atoms. The van der Waals surface area contributed by atoms with E-state index in [1.807, 2.05) is 6.92 Å². The molecule has 2 atom stereocenters. The number of allylic oxidation sites excluding steroid dienone is 1. The number of methoxy groups -OCH3 is 2. The van der Waals surface area contributed by atoms with Gasteiger partial charge in [0.2, 0.25) is 0 Å². The lowest BCUT2D eigenvalue weighted by Crippen LogP contribution is -2.32. The summed E-state index contributed by atoms with van der Waals surface area (Å²) in [4.78, 5) is 47.5. The van der Waals surface area contributed by atoms with Crippen LogP contribution in [0.4, 0.5) is 0 Å². The summed E-state index contributed by atoms with van der Waals surface area (Å²) in [7, 11) is 0.856. The molecule has 0 amide bonds. The fourth-order valence-electron chi connectivity index (χ4n) is 2.85. The quantitative estimate of drug-likeness (QED) is 0.0897. The Morgan fingerprint density at radius 3 is 1.97 bits per heavy atom. The zero-order chi connectivity index (χ0) is 22.8. The molecule has 29 heavy (non-hydrogen) atoms. The van der Waals surface area contributed by atoms with Gasteiger partial charge in [0.25, 0.3) is 0 Å². The number of esters is 3. The van der Waals surface area contributed by atoms with E-state index in [1.165, 1.54) is 27.2 Å². The number of ketones is 1. The van der Waals surface area contributed by atoms with Crippen molar-refractivity contribution >= 4 is 31.8 Å². The molecule has 0 rings (SSSR count). The highest BCUT2D eigenvalue weighted by Crippen LogP contribution is 2.22. The van der Waals surface area contributed by atoms with Gasteiger partial charge in [0.1, 0.15) is 5.57 Å². The van der Waals surface area contributed by atoms with Gasteiger partial charge in [-0.15, -0.1) is 0 Å². The van der Waals surface area contributed by atoms with E-state index in [-0.39, 0.29) is 23.7 Å². The van der Waals surface area contributed by atoms with Gasteiger partial charge in [-0.3, -0.25) is 9.59 Å². The molecule has 0 N–H and O–H groups in total. The van der Waals surface area contributed by atoms with Crippen molar-refractivity contribution in [3.05, 3.63) is 23.8 Å². The summed E-state index contributed by atoms with van der Waals surface area (Å²) in [6.45, 7) is 13.5. The molecule has 0 aromatic rings. The largest absolute Gasteiger partial charge is 0.465 e. The van der Waals surface area contributed by atoms with Crippen molar-refractivity contribution < 1.29 is 33.4 Å². The van der Waals surface area contributed by atoms with Crippen molar-refractivity contribution in [2.24, 2.45) is 5.92 Å². The van der Waals surface area contributed by atoms with Crippen LogP contribution < -0.4 is 0 Å². The smallest absolute Gasteiger partial charge is 0.344 e. The summed E-state index contributed by atoms with van der Waals surface area (Å²) in [6.07, 6.45) is 1.81. The summed E-state index contributed by atoms with van der Waals surface area (Å²) in [5.74, 6) is -2.40. The maximum absolute atomic E-state index is 12.6. The number of ether oxygens (including phenoxy) is 3. The fraction of sp³-hybridized carbons (Fsp3) is 0.619. The van der Waals surface area contributed by atoms with Gasteiger partial charge in [-0.25, -0.2) is 9.59 Å². The maximum atomic E-state index is 12.6. The Morgan fingerprint density at radius 2 is 1.55 bits per heavy atom. The Morgan fingerprint density at radius 1 is 1.03 bits per heavy atom. The van der Waals surface area contributed by atoms with Gasteiger partial charge in [0, 0.05) is 21.4 Å². The molecule has 164 valence electrons. The standard InChI is InChI=1S/C21H34O7Si/c1-14(12-17(20(24)26-4)21(25)27-5)10-9-11-18(23)19(28-16(3)22)15(2)13-29(6,7)8/h12,14,19H,2,9-11,13H2,1,3-8H3. The third-order valence-corrected chi connectivity index (χ3v) is 5.56. The van der Waals surface area contributed by atoms with Crippen LogP contribution in [0.15, 0.2) is 23.8 Å². The first-order valence-corrected chi connectivity index (χ1v) is 13.3. The van der Waals surface area contributed by atoms with Gasteiger partial charge in [0.15, 0.2) is 11.9 Å². The monoisotopic (exact) mass is 426 g/mol. The Balaban J connectivity index is 5.00. The van der Waals surface area contributed by atoms with Crippen LogP contribution in [0.2, 0.25) is 25.7 Å². The topological polar surface area (TPSA) is 96.0 Å². The summed E-state index contributed by atoms with van der Waals surface area (Å²) >= 11 is 0. The summed E-state index contributed by atoms with van der Waals surface area (Å²) in [5, 5.41) is 0. The van der Waals surface area contributed by atoms with Crippen LogP contribution in [0.3, 0.4) is 0 Å². The van der Waals surface area contributed by atoms with E-state index < -0.39 is 32.1 Å². The average Bonchev–Trinajstić information content (AvgIpc) is 2.61. The van der Waals surface area contributed by atoms with Gasteiger partial charge < -0.3 is 14.2 Å². The van der Waals surface area contributed by atoms with Gasteiger partial charge in [-0.2, -0.15) is 0 Å². The number of carbonyl (C=O) groups is 4. The lowest BCUT2D eigenvalue weighted by molar-refractivity contribution is -0.150. The molecule has 0 aliphatic rings. The average molecular weight is 427 g/mol. The molecule has 0 radical (unpaired) electrons. The first-order chi connectivity index (χ1) is 13.3. The van der Waals surface area contributed by atoms with Crippen LogP contribution in [-0.4, -0.2) is 52.1 Å². The SMILES string of the molecule is C=C(C[Si](C)(C)C)C(OC(C)=O)C(=O)CCCC(C)C=C(C(=O)OC)C(=O)OC. The van der Waals surface area contributed by atoms with Gasteiger partial charge in [-0.05, 0) is 30.4 Å². The second-order valence-electron chi connectivity index (χ2n) is 8.28. The van der Waals surface area contributed by atoms with Crippen molar-refractivity contribution in [2.75, 3.05) is 14.2 Å². The molecule has 8 heteroatoms. The van der Waals surface area contributed by atoms with E-state index in [4.69, 9.17) is 4.74 Å². The first kappa shape index (κ1) is 26.8. The van der Waals surface area contributed by atoms with Crippen LogP contribution in [0.25, 0.3) is 0 Å². The highest BCUT2D eigenvalue weighted by Gasteiger charge is 2.28. The first-order valence-electron chi connectivity index (χ1n) is 9.58. The predicted molar refractivity (Wildman–Crippen MR) is 113 cm³/mol. The van der Waals surface area contributed by atoms with Crippen molar-refractivity contribution in [3.8, 4) is 0 Å². The lowest BCUT2D eigenvalue weighted by atomic mass is 9.97. The molecule has 2 unspecified atom stereocenters. The highest BCUT2D eigenvalue weighted by molar-refractivity contribution is 6.76. The molecule has 0 aliphatic heterocycles. The molecule has 0 saturated carbocycles. The van der Waals surface area contributed by atoms with Crippen molar-refractivity contribution in [1.82, 2.24) is 0 Å². The summed E-state index contributed by atoms with van der Waals surface area (Å²) < 4.78 is 14.4. The van der Waals surface area contributed by atoms with Crippen LogP contribution in [0.1, 0.15) is 33.1 Å². The number of Topliss-reactive ketones (excluding diaryl/α,β-unsaturated/α-hetero) is 1. The minimum absolute atomic E-state index is 0.159. The molecule has 0 aromatic heterocycles. The third kappa shape index (κ3) is 10.8. The number of rotatable bonds is 12. The number of carbonyl (C=O) groups excluding carboxylic acids is 4. The van der Waals surface area contributed by atoms with Crippen LogP contribution in [0.5, 0.6) is 0 Å². The van der Waals surface area contributed by atoms with Gasteiger partial charge in [-0.1, -0.05) is 39.2 Å². The highest BCUT2D eigenvalue weighted by atomic mass is 28.3. The van der Waals surface area contributed by atoms with Crippen molar-refractivity contribution in [1.29, 1.82) is 0 Å². The second kappa shape index (κ2) is 12.4. The molecule has 0 aliphatic carbocycles. The normalized spacial score (nSPS) is 12.9. The van der Waals surface area contributed by atoms with E-state index in [2.05, 4.69) is 35.7 Å². The van der Waals surface area contributed by atoms with Crippen molar-refractivity contribution in [2.45, 2.75) is 64.9 Å². The Kier molecular flexibility index (Phi) is 11.4. The Hall–Kier alpha value is -2.22. The summed E-state index contributed by atoms with van der Waals surface area (Å²) in [6, 6.07) is 0.692. The minimum atomic E-state index is -1.51. The van der Waals surface area contributed by atoms with E-state index in [1.54, 1.807) is 0 Å². The van der Waals surface area contributed by atoms with Crippen LogP contribution >= 0.6 is 0 Å². The molecule has 0 saturated heterocycles. The molecule has 0 heterocycles. The van der Waals surface area contributed by atoms with E-state index in [9.17, 15) is 19.2 Å². The minimum Gasteiger partial charge on any atom is -0.465 e. The Labute approximate surface area is 174 Å². The molecular formula is C21H34O7Si. The molecule has 0 aromatic carbocycles. The maximum Gasteiger partial charge on any atom is 0.344 e.